The molecule has 4 heteroatoms. The fourth-order valence-corrected chi connectivity index (χ4v) is 7.31. The number of benzene rings is 8. The largest absolute Gasteiger partial charge is 0.456 e. The van der Waals surface area contributed by atoms with Gasteiger partial charge in [-0.15, -0.1) is 0 Å². The molecule has 53 heavy (non-hydrogen) atoms. The van der Waals surface area contributed by atoms with Crippen LogP contribution in [0.1, 0.15) is 0 Å². The maximum absolute atomic E-state index is 6.56. The molecule has 0 aliphatic rings. The molecule has 0 atom stereocenters. The van der Waals surface area contributed by atoms with E-state index in [-0.39, 0.29) is 0 Å². The van der Waals surface area contributed by atoms with Crippen LogP contribution in [-0.4, -0.2) is 15.0 Å². The zero-order valence-corrected chi connectivity index (χ0v) is 28.6. The van der Waals surface area contributed by atoms with Gasteiger partial charge in [-0.3, -0.25) is 0 Å². The minimum atomic E-state index is 0.587. The normalized spacial score (nSPS) is 11.4. The molecule has 0 saturated carbocycles. The van der Waals surface area contributed by atoms with Crippen LogP contribution < -0.4 is 0 Å². The SMILES string of the molecule is c1ccc(-c2nc(-c3ccc(-c4ccc5ccccc5c4)cc3)nc(-c3ccc4c(c3)oc3cccc(-c5ccccc5-c5ccccc5)c34)n2)cc1. The van der Waals surface area contributed by atoms with E-state index in [0.717, 1.165) is 55.3 Å². The highest BCUT2D eigenvalue weighted by Gasteiger charge is 2.18. The molecule has 4 nitrogen and oxygen atoms in total. The van der Waals surface area contributed by atoms with Gasteiger partial charge < -0.3 is 4.42 Å². The van der Waals surface area contributed by atoms with Gasteiger partial charge in [0, 0.05) is 27.5 Å². The second-order valence-electron chi connectivity index (χ2n) is 13.2. The lowest BCUT2D eigenvalue weighted by Gasteiger charge is -2.11. The van der Waals surface area contributed by atoms with Crippen molar-refractivity contribution in [1.82, 2.24) is 15.0 Å². The Balaban J connectivity index is 1.07. The summed E-state index contributed by atoms with van der Waals surface area (Å²) in [5.74, 6) is 1.82. The van der Waals surface area contributed by atoms with E-state index in [9.17, 15) is 0 Å². The molecule has 2 aromatic heterocycles. The van der Waals surface area contributed by atoms with Gasteiger partial charge in [0.1, 0.15) is 11.2 Å². The zero-order valence-electron chi connectivity index (χ0n) is 28.6. The van der Waals surface area contributed by atoms with E-state index in [1.165, 1.54) is 27.5 Å². The highest BCUT2D eigenvalue weighted by atomic mass is 16.3. The van der Waals surface area contributed by atoms with E-state index >= 15 is 0 Å². The van der Waals surface area contributed by atoms with Crippen molar-refractivity contribution in [3.63, 3.8) is 0 Å². The van der Waals surface area contributed by atoms with Gasteiger partial charge in [0.2, 0.25) is 0 Å². The number of aromatic nitrogens is 3. The molecule has 8 aromatic carbocycles. The predicted molar refractivity (Wildman–Crippen MR) is 217 cm³/mol. The summed E-state index contributed by atoms with van der Waals surface area (Å²) in [6, 6.07) is 65.2. The van der Waals surface area contributed by atoms with Crippen molar-refractivity contribution in [2.45, 2.75) is 0 Å². The summed E-state index contributed by atoms with van der Waals surface area (Å²) < 4.78 is 6.56. The molecule has 0 fully saturated rings. The summed E-state index contributed by atoms with van der Waals surface area (Å²) in [6.07, 6.45) is 0. The molecule has 2 heterocycles. The second kappa shape index (κ2) is 12.9. The third-order valence-electron chi connectivity index (χ3n) is 9.95. The van der Waals surface area contributed by atoms with Gasteiger partial charge in [-0.2, -0.15) is 0 Å². The van der Waals surface area contributed by atoms with Crippen molar-refractivity contribution in [3.05, 3.63) is 188 Å². The van der Waals surface area contributed by atoms with Crippen LogP contribution >= 0.6 is 0 Å². The molecule has 0 spiro atoms. The van der Waals surface area contributed by atoms with Crippen LogP contribution in [0.2, 0.25) is 0 Å². The number of fused-ring (bicyclic) bond motifs is 4. The molecule has 0 aliphatic heterocycles. The fraction of sp³-hybridized carbons (Fsp3) is 0. The predicted octanol–water partition coefficient (Wildman–Crippen LogP) is 12.9. The van der Waals surface area contributed by atoms with Crippen molar-refractivity contribution >= 4 is 32.7 Å². The molecule has 10 aromatic rings. The Morgan fingerprint density at radius 1 is 0.302 bits per heavy atom. The molecular formula is C49H31N3O. The maximum atomic E-state index is 6.56. The van der Waals surface area contributed by atoms with Crippen molar-refractivity contribution in [2.24, 2.45) is 0 Å². The van der Waals surface area contributed by atoms with Crippen LogP contribution in [0.25, 0.3) is 100 Å². The minimum Gasteiger partial charge on any atom is -0.456 e. The molecule has 10 rings (SSSR count). The van der Waals surface area contributed by atoms with Crippen molar-refractivity contribution in [1.29, 1.82) is 0 Å². The molecule has 0 bridgehead atoms. The topological polar surface area (TPSA) is 51.8 Å². The lowest BCUT2D eigenvalue weighted by Crippen LogP contribution is -2.00. The number of hydrogen-bond donors (Lipinski definition) is 0. The smallest absolute Gasteiger partial charge is 0.164 e. The maximum Gasteiger partial charge on any atom is 0.164 e. The molecule has 0 unspecified atom stereocenters. The molecule has 0 saturated heterocycles. The van der Waals surface area contributed by atoms with Gasteiger partial charge in [-0.05, 0) is 68.4 Å². The Labute approximate surface area is 306 Å². The van der Waals surface area contributed by atoms with Crippen molar-refractivity contribution in [3.8, 4) is 67.5 Å². The lowest BCUT2D eigenvalue weighted by atomic mass is 9.92. The van der Waals surface area contributed by atoms with Gasteiger partial charge in [-0.25, -0.2) is 15.0 Å². The quantitative estimate of drug-likeness (QED) is 0.176. The molecule has 0 N–H and O–H groups in total. The number of furan rings is 1. The van der Waals surface area contributed by atoms with Crippen LogP contribution in [0.15, 0.2) is 192 Å². The van der Waals surface area contributed by atoms with Crippen LogP contribution in [-0.2, 0) is 0 Å². The summed E-state index contributed by atoms with van der Waals surface area (Å²) in [7, 11) is 0. The first kappa shape index (κ1) is 30.6. The summed E-state index contributed by atoms with van der Waals surface area (Å²) in [6.45, 7) is 0. The monoisotopic (exact) mass is 677 g/mol. The summed E-state index contributed by atoms with van der Waals surface area (Å²) in [4.78, 5) is 15.0. The Bertz CT molecular complexity index is 2930. The van der Waals surface area contributed by atoms with Gasteiger partial charge in [0.15, 0.2) is 17.5 Å². The van der Waals surface area contributed by atoms with E-state index in [1.807, 2.05) is 36.4 Å². The van der Waals surface area contributed by atoms with E-state index in [1.54, 1.807) is 0 Å². The second-order valence-corrected chi connectivity index (χ2v) is 13.2. The highest BCUT2D eigenvalue weighted by molar-refractivity contribution is 6.14. The van der Waals surface area contributed by atoms with Crippen LogP contribution in [0, 0.1) is 0 Å². The Morgan fingerprint density at radius 2 is 0.849 bits per heavy atom. The Kier molecular flexibility index (Phi) is 7.43. The average Bonchev–Trinajstić information content (AvgIpc) is 3.62. The van der Waals surface area contributed by atoms with Crippen molar-refractivity contribution < 1.29 is 4.42 Å². The Hall–Kier alpha value is -7.17. The number of nitrogens with zero attached hydrogens (tertiary/aromatic N) is 3. The lowest BCUT2D eigenvalue weighted by molar-refractivity contribution is 0.669. The van der Waals surface area contributed by atoms with E-state index < -0.39 is 0 Å². The van der Waals surface area contributed by atoms with Gasteiger partial charge in [-0.1, -0.05) is 164 Å². The minimum absolute atomic E-state index is 0.587. The number of rotatable bonds is 6. The average molecular weight is 678 g/mol. The molecule has 0 amide bonds. The zero-order chi connectivity index (χ0) is 35.1. The van der Waals surface area contributed by atoms with E-state index in [2.05, 4.69) is 152 Å². The van der Waals surface area contributed by atoms with Crippen LogP contribution in [0.3, 0.4) is 0 Å². The van der Waals surface area contributed by atoms with Gasteiger partial charge >= 0.3 is 0 Å². The van der Waals surface area contributed by atoms with Gasteiger partial charge in [0.05, 0.1) is 0 Å². The molecule has 0 radical (unpaired) electrons. The first-order chi connectivity index (χ1) is 26.2. The molecular weight excluding hydrogens is 647 g/mol. The first-order valence-corrected chi connectivity index (χ1v) is 17.8. The van der Waals surface area contributed by atoms with Crippen LogP contribution in [0.4, 0.5) is 0 Å². The third-order valence-corrected chi connectivity index (χ3v) is 9.95. The third kappa shape index (κ3) is 5.63. The molecule has 248 valence electrons. The summed E-state index contributed by atoms with van der Waals surface area (Å²) in [5.41, 5.74) is 11.3. The van der Waals surface area contributed by atoms with Gasteiger partial charge in [0.25, 0.3) is 0 Å². The molecule has 0 aliphatic carbocycles. The number of hydrogen-bond acceptors (Lipinski definition) is 4. The summed E-state index contributed by atoms with van der Waals surface area (Å²) in [5, 5.41) is 4.58. The first-order valence-electron chi connectivity index (χ1n) is 17.8. The summed E-state index contributed by atoms with van der Waals surface area (Å²) >= 11 is 0. The van der Waals surface area contributed by atoms with Crippen LogP contribution in [0.5, 0.6) is 0 Å². The fourth-order valence-electron chi connectivity index (χ4n) is 7.31. The van der Waals surface area contributed by atoms with E-state index in [4.69, 9.17) is 19.4 Å². The highest BCUT2D eigenvalue weighted by Crippen LogP contribution is 2.41. The Morgan fingerprint density at radius 3 is 1.60 bits per heavy atom. The van der Waals surface area contributed by atoms with E-state index in [0.29, 0.717) is 17.5 Å². The van der Waals surface area contributed by atoms with Crippen molar-refractivity contribution in [2.75, 3.05) is 0 Å². The standard InChI is InChI=1S/C49H31N3O/c1-3-13-34(14-4-1)40-18-9-10-19-41(40)42-20-11-21-44-46(42)43-29-28-39(31-45(43)53-44)49-51-47(35-15-5-2-6-16-35)50-48(52-49)36-25-22-33(23-26-36)38-27-24-32-12-7-8-17-37(32)30-38/h1-31H.